The number of aromatic nitrogens is 2. The average molecular weight is 322 g/mol. The Balaban J connectivity index is 1.99. The highest BCUT2D eigenvalue weighted by Gasteiger charge is 2.30. The van der Waals surface area contributed by atoms with E-state index in [1.807, 2.05) is 35.2 Å². The monoisotopic (exact) mass is 321 g/mol. The zero-order valence-corrected chi connectivity index (χ0v) is 11.5. The summed E-state index contributed by atoms with van der Waals surface area (Å²) in [7, 11) is 0. The lowest BCUT2D eigenvalue weighted by atomic mass is 10.2. The van der Waals surface area contributed by atoms with Crippen LogP contribution in [0.5, 0.6) is 0 Å². The number of nitrogens with two attached hydrogens (primary N) is 1. The summed E-state index contributed by atoms with van der Waals surface area (Å²) in [6.45, 7) is 0.632. The largest absolute Gasteiger partial charge is 0.369 e. The highest BCUT2D eigenvalue weighted by atomic mass is 79.9. The molecule has 1 aliphatic rings. The van der Waals surface area contributed by atoms with E-state index in [4.69, 9.17) is 5.73 Å². The molecule has 0 aliphatic carbocycles. The standard InChI is InChI=1S/C12H12BrN5O/c13-11-15-8-9(16-12(14)17-10(8)19)18(11)6-7-4-2-1-3-5-7/h1-5,11,15H,6H2,(H3,14,16,17,19). The summed E-state index contributed by atoms with van der Waals surface area (Å²) in [6.07, 6.45) is 0. The second kappa shape index (κ2) is 4.58. The van der Waals surface area contributed by atoms with E-state index < -0.39 is 0 Å². The van der Waals surface area contributed by atoms with Gasteiger partial charge in [0, 0.05) is 6.54 Å². The fourth-order valence-electron chi connectivity index (χ4n) is 2.06. The van der Waals surface area contributed by atoms with Gasteiger partial charge in [-0.2, -0.15) is 4.98 Å². The van der Waals surface area contributed by atoms with Crippen molar-refractivity contribution in [3.63, 3.8) is 0 Å². The Bertz CT molecular complexity index is 657. The van der Waals surface area contributed by atoms with Gasteiger partial charge in [0.2, 0.25) is 5.95 Å². The second-order valence-corrected chi connectivity index (χ2v) is 5.11. The second-order valence-electron chi connectivity index (χ2n) is 4.24. The first-order valence-electron chi connectivity index (χ1n) is 5.76. The van der Waals surface area contributed by atoms with Gasteiger partial charge in [0.05, 0.1) is 0 Å². The maximum atomic E-state index is 11.8. The molecule has 0 saturated carbocycles. The number of benzene rings is 1. The number of aromatic amines is 1. The lowest BCUT2D eigenvalue weighted by molar-refractivity contribution is 0.829. The van der Waals surface area contributed by atoms with Crippen LogP contribution >= 0.6 is 15.9 Å². The first kappa shape index (κ1) is 12.0. The minimum absolute atomic E-state index is 0.116. The molecule has 0 amide bonds. The molecule has 0 saturated heterocycles. The molecule has 1 unspecified atom stereocenters. The molecule has 1 aromatic carbocycles. The quantitative estimate of drug-likeness (QED) is 0.576. The fourth-order valence-corrected chi connectivity index (χ4v) is 2.62. The first-order chi connectivity index (χ1) is 9.15. The first-order valence-corrected chi connectivity index (χ1v) is 6.67. The molecular weight excluding hydrogens is 310 g/mol. The molecule has 1 aromatic heterocycles. The van der Waals surface area contributed by atoms with Crippen LogP contribution in [0.15, 0.2) is 35.1 Å². The smallest absolute Gasteiger partial charge is 0.277 e. The number of fused-ring (bicyclic) bond motifs is 1. The summed E-state index contributed by atoms with van der Waals surface area (Å²) in [5.41, 5.74) is 6.90. The van der Waals surface area contributed by atoms with Crippen molar-refractivity contribution in [1.29, 1.82) is 0 Å². The van der Waals surface area contributed by atoms with Gasteiger partial charge in [0.25, 0.3) is 5.56 Å². The van der Waals surface area contributed by atoms with Crippen LogP contribution in [0, 0.1) is 0 Å². The number of rotatable bonds is 2. The molecule has 1 aliphatic heterocycles. The van der Waals surface area contributed by atoms with E-state index in [0.29, 0.717) is 18.1 Å². The Hall–Kier alpha value is -2.02. The molecule has 2 aromatic rings. The highest BCUT2D eigenvalue weighted by molar-refractivity contribution is 9.09. The lowest BCUT2D eigenvalue weighted by Crippen LogP contribution is -2.30. The van der Waals surface area contributed by atoms with Crippen molar-refractivity contribution in [3.8, 4) is 0 Å². The minimum Gasteiger partial charge on any atom is -0.369 e. The lowest BCUT2D eigenvalue weighted by Gasteiger charge is -2.21. The van der Waals surface area contributed by atoms with Crippen molar-refractivity contribution in [2.45, 2.75) is 11.6 Å². The third-order valence-electron chi connectivity index (χ3n) is 2.92. The van der Waals surface area contributed by atoms with Crippen LogP contribution in [-0.4, -0.2) is 15.0 Å². The molecule has 1 atom stereocenters. The number of anilines is 3. The molecule has 6 nitrogen and oxygen atoms in total. The Kier molecular flexibility index (Phi) is 2.90. The molecular formula is C12H12BrN5O. The van der Waals surface area contributed by atoms with E-state index in [9.17, 15) is 4.79 Å². The fraction of sp³-hybridized carbons (Fsp3) is 0.167. The van der Waals surface area contributed by atoms with Crippen molar-refractivity contribution in [2.24, 2.45) is 0 Å². The average Bonchev–Trinajstić information content (AvgIpc) is 2.69. The van der Waals surface area contributed by atoms with Crippen LogP contribution in [0.3, 0.4) is 0 Å². The number of H-pyrrole nitrogens is 1. The van der Waals surface area contributed by atoms with Gasteiger partial charge in [-0.15, -0.1) is 0 Å². The summed E-state index contributed by atoms with van der Waals surface area (Å²) in [5.74, 6) is 0.678. The molecule has 3 rings (SSSR count). The Morgan fingerprint density at radius 2 is 2.11 bits per heavy atom. The van der Waals surface area contributed by atoms with Crippen molar-refractivity contribution in [1.82, 2.24) is 9.97 Å². The van der Waals surface area contributed by atoms with Gasteiger partial charge >= 0.3 is 0 Å². The van der Waals surface area contributed by atoms with Gasteiger partial charge in [0.15, 0.2) is 10.9 Å². The molecule has 7 heteroatoms. The summed E-state index contributed by atoms with van der Waals surface area (Å²) in [5, 5.41) is 2.86. The normalized spacial score (nSPS) is 17.1. The number of nitrogens with zero attached hydrogens (tertiary/aromatic N) is 2. The van der Waals surface area contributed by atoms with Crippen LogP contribution in [0.4, 0.5) is 17.5 Å². The predicted molar refractivity (Wildman–Crippen MR) is 78.2 cm³/mol. The van der Waals surface area contributed by atoms with Crippen LogP contribution in [0.25, 0.3) is 0 Å². The van der Waals surface area contributed by atoms with Crippen LogP contribution in [0.1, 0.15) is 5.56 Å². The SMILES string of the molecule is Nc1nc2c(c(=O)[nH]1)NC(Br)N2Cc1ccccc1. The van der Waals surface area contributed by atoms with Gasteiger partial charge in [-0.25, -0.2) is 0 Å². The van der Waals surface area contributed by atoms with E-state index in [1.165, 1.54) is 0 Å². The topological polar surface area (TPSA) is 87.0 Å². The third-order valence-corrected chi connectivity index (χ3v) is 3.65. The minimum atomic E-state index is -0.262. The van der Waals surface area contributed by atoms with Crippen molar-refractivity contribution in [3.05, 3.63) is 46.2 Å². The maximum absolute atomic E-state index is 11.8. The van der Waals surface area contributed by atoms with Crippen LogP contribution in [0.2, 0.25) is 0 Å². The summed E-state index contributed by atoms with van der Waals surface area (Å²) in [4.78, 5) is 20.4. The van der Waals surface area contributed by atoms with E-state index >= 15 is 0 Å². The zero-order chi connectivity index (χ0) is 13.4. The predicted octanol–water partition coefficient (Wildman–Crippen LogP) is 1.46. The van der Waals surface area contributed by atoms with E-state index in [-0.39, 0.29) is 16.6 Å². The van der Waals surface area contributed by atoms with Gasteiger partial charge in [0.1, 0.15) is 5.69 Å². The van der Waals surface area contributed by atoms with Crippen molar-refractivity contribution >= 4 is 33.4 Å². The highest BCUT2D eigenvalue weighted by Crippen LogP contribution is 2.33. The molecule has 0 radical (unpaired) electrons. The molecule has 0 fully saturated rings. The number of alkyl halides is 1. The Labute approximate surface area is 117 Å². The Morgan fingerprint density at radius 3 is 2.84 bits per heavy atom. The van der Waals surface area contributed by atoms with Gasteiger partial charge < -0.3 is 16.0 Å². The van der Waals surface area contributed by atoms with Crippen LogP contribution < -0.4 is 21.5 Å². The number of hydrogen-bond donors (Lipinski definition) is 3. The number of nitrogens with one attached hydrogen (secondary N) is 2. The zero-order valence-electron chi connectivity index (χ0n) is 9.93. The van der Waals surface area contributed by atoms with Crippen molar-refractivity contribution < 1.29 is 0 Å². The van der Waals surface area contributed by atoms with Gasteiger partial charge in [-0.1, -0.05) is 30.3 Å². The summed E-state index contributed by atoms with van der Waals surface area (Å²) >= 11 is 3.48. The van der Waals surface area contributed by atoms with Gasteiger partial charge in [-0.05, 0) is 21.5 Å². The van der Waals surface area contributed by atoms with Crippen LogP contribution in [-0.2, 0) is 6.54 Å². The van der Waals surface area contributed by atoms with E-state index in [1.54, 1.807) is 0 Å². The Morgan fingerprint density at radius 1 is 1.37 bits per heavy atom. The number of halogens is 1. The molecule has 98 valence electrons. The van der Waals surface area contributed by atoms with E-state index in [2.05, 4.69) is 31.2 Å². The molecule has 4 N–H and O–H groups in total. The number of nitrogen functional groups attached to an aromatic ring is 1. The third kappa shape index (κ3) is 2.17. The molecule has 2 heterocycles. The van der Waals surface area contributed by atoms with E-state index in [0.717, 1.165) is 5.56 Å². The summed E-state index contributed by atoms with van der Waals surface area (Å²) < 4.78 is 0. The number of hydrogen-bond acceptors (Lipinski definition) is 5. The van der Waals surface area contributed by atoms with Gasteiger partial charge in [-0.3, -0.25) is 9.78 Å². The molecule has 19 heavy (non-hydrogen) atoms. The molecule has 0 bridgehead atoms. The molecule has 0 spiro atoms. The summed E-state index contributed by atoms with van der Waals surface area (Å²) in [6, 6.07) is 9.96. The maximum Gasteiger partial charge on any atom is 0.277 e. The van der Waals surface area contributed by atoms with Crippen molar-refractivity contribution in [2.75, 3.05) is 16.0 Å².